The summed E-state index contributed by atoms with van der Waals surface area (Å²) in [5.41, 5.74) is 0. The van der Waals surface area contributed by atoms with E-state index >= 15 is 0 Å². The first kappa shape index (κ1) is 32.8. The maximum absolute atomic E-state index is 8.36. The number of unbranched alkanes of at least 4 members (excludes halogenated alkanes) is 15. The molecule has 0 aromatic rings. The number of hydrogen-bond donors (Lipinski definition) is 1. The van der Waals surface area contributed by atoms with Gasteiger partial charge in [0.1, 0.15) is 0 Å². The summed E-state index contributed by atoms with van der Waals surface area (Å²) in [6.07, 6.45) is 30.5. The molecule has 0 rings (SSSR count). The fraction of sp³-hybridized carbons (Fsp3) is 1.00. The van der Waals surface area contributed by atoms with Crippen molar-refractivity contribution in [3.05, 3.63) is 10.1 Å². The van der Waals surface area contributed by atoms with E-state index in [1.807, 2.05) is 0 Å². The van der Waals surface area contributed by atoms with Gasteiger partial charge in [0.15, 0.2) is 0 Å². The van der Waals surface area contributed by atoms with Gasteiger partial charge in [0, 0.05) is 0 Å². The monoisotopic (exact) mass is 461 g/mol. The maximum atomic E-state index is 8.36. The molecular weight excluding hydrogens is 405 g/mol. The van der Waals surface area contributed by atoms with Crippen LogP contribution in [0, 0.1) is 22.0 Å². The molecule has 5 heteroatoms. The van der Waals surface area contributed by atoms with Gasteiger partial charge in [-0.2, -0.15) is 0 Å². The highest BCUT2D eigenvalue weighted by atomic mass is 31.0. The Balaban J connectivity index is 0. The van der Waals surface area contributed by atoms with Crippen molar-refractivity contribution < 1.29 is 10.3 Å². The van der Waals surface area contributed by atoms with Gasteiger partial charge in [0.05, 0.1) is 0 Å². The third-order valence-corrected chi connectivity index (χ3v) is 7.19. The van der Waals surface area contributed by atoms with Crippen LogP contribution >= 0.6 is 9.24 Å². The minimum Gasteiger partial charge on any atom is -0.328 e. The van der Waals surface area contributed by atoms with E-state index in [9.17, 15) is 0 Å². The Morgan fingerprint density at radius 1 is 0.645 bits per heavy atom. The largest absolute Gasteiger partial charge is 0.328 e. The van der Waals surface area contributed by atoms with Crippen LogP contribution in [0.1, 0.15) is 149 Å². The van der Waals surface area contributed by atoms with E-state index in [0.717, 1.165) is 11.8 Å². The van der Waals surface area contributed by atoms with Gasteiger partial charge in [-0.15, -0.1) is 19.4 Å². The van der Waals surface area contributed by atoms with Gasteiger partial charge in [-0.1, -0.05) is 149 Å². The summed E-state index contributed by atoms with van der Waals surface area (Å²) in [5, 5.41) is 13.6. The fourth-order valence-corrected chi connectivity index (χ4v) is 5.35. The first-order valence-electron chi connectivity index (χ1n) is 13.6. The Labute approximate surface area is 197 Å². The van der Waals surface area contributed by atoms with Gasteiger partial charge >= 0.3 is 0 Å². The second-order valence-electron chi connectivity index (χ2n) is 9.28. The predicted molar refractivity (Wildman–Crippen MR) is 140 cm³/mol. The van der Waals surface area contributed by atoms with Crippen LogP contribution in [0.2, 0.25) is 0 Å². The standard InChI is InChI=1S/C26H55P.HNO3/c1-4-7-8-9-10-11-12-13-14-15-16-17-18-19-20-21-23-26(22-5-2)25(6-3)24-27;2-1(3)4/h25-26H,4-24,27H2,1-3H3;(H,2,3,4). The van der Waals surface area contributed by atoms with Crippen molar-refractivity contribution in [3.8, 4) is 0 Å². The maximum Gasteiger partial charge on any atom is 0.291 e. The molecule has 0 spiro atoms. The summed E-state index contributed by atoms with van der Waals surface area (Å²) in [5.74, 6) is 1.94. The molecular formula is C26H56NO3P. The van der Waals surface area contributed by atoms with Gasteiger partial charge < -0.3 is 5.21 Å². The molecule has 0 aromatic carbocycles. The van der Waals surface area contributed by atoms with Gasteiger partial charge in [0.25, 0.3) is 5.09 Å². The van der Waals surface area contributed by atoms with Crippen LogP contribution in [0.25, 0.3) is 0 Å². The smallest absolute Gasteiger partial charge is 0.291 e. The lowest BCUT2D eigenvalue weighted by atomic mass is 9.84. The Morgan fingerprint density at radius 2 is 1.00 bits per heavy atom. The van der Waals surface area contributed by atoms with Crippen LogP contribution in [0.4, 0.5) is 0 Å². The summed E-state index contributed by atoms with van der Waals surface area (Å²) in [4.78, 5) is 8.36. The van der Waals surface area contributed by atoms with Gasteiger partial charge in [-0.3, -0.25) is 0 Å². The Morgan fingerprint density at radius 3 is 1.29 bits per heavy atom. The lowest BCUT2D eigenvalue weighted by Gasteiger charge is -2.24. The second-order valence-corrected chi connectivity index (χ2v) is 9.75. The van der Waals surface area contributed by atoms with Crippen LogP contribution in [0.5, 0.6) is 0 Å². The summed E-state index contributed by atoms with van der Waals surface area (Å²) < 4.78 is 0. The molecule has 0 aliphatic carbocycles. The molecule has 188 valence electrons. The topological polar surface area (TPSA) is 63.4 Å². The summed E-state index contributed by atoms with van der Waals surface area (Å²) in [6, 6.07) is 0. The van der Waals surface area contributed by atoms with Crippen molar-refractivity contribution in [2.24, 2.45) is 11.8 Å². The third kappa shape index (κ3) is 27.6. The van der Waals surface area contributed by atoms with Crippen LogP contribution in [0.3, 0.4) is 0 Å². The zero-order chi connectivity index (χ0) is 23.6. The lowest BCUT2D eigenvalue weighted by molar-refractivity contribution is -0.742. The van der Waals surface area contributed by atoms with Crippen molar-refractivity contribution in [2.75, 3.05) is 6.16 Å². The normalized spacial score (nSPS) is 12.8. The molecule has 0 amide bonds. The van der Waals surface area contributed by atoms with E-state index in [1.54, 1.807) is 0 Å². The molecule has 0 bridgehead atoms. The molecule has 4 nitrogen and oxygen atoms in total. The SMILES string of the molecule is CCCCCCCCCCCCCCCCCCC(CCC)C(CC)CP.O=[N+]([O-])O. The van der Waals surface area contributed by atoms with Crippen molar-refractivity contribution in [2.45, 2.75) is 149 Å². The van der Waals surface area contributed by atoms with Crippen molar-refractivity contribution in [3.63, 3.8) is 0 Å². The average Bonchev–Trinajstić information content (AvgIpc) is 2.73. The second kappa shape index (κ2) is 27.7. The first-order chi connectivity index (χ1) is 15.0. The number of nitrogens with zero attached hydrogens (tertiary/aromatic N) is 1. The highest BCUT2D eigenvalue weighted by Crippen LogP contribution is 2.28. The van der Waals surface area contributed by atoms with Crippen LogP contribution in [0.15, 0.2) is 0 Å². The molecule has 0 fully saturated rings. The molecule has 0 saturated carbocycles. The molecule has 1 N–H and O–H groups in total. The highest BCUT2D eigenvalue weighted by molar-refractivity contribution is 7.16. The predicted octanol–water partition coefficient (Wildman–Crippen LogP) is 9.61. The first-order valence-corrected chi connectivity index (χ1v) is 14.4. The molecule has 0 aliphatic heterocycles. The van der Waals surface area contributed by atoms with E-state index in [1.165, 1.54) is 135 Å². The zero-order valence-electron chi connectivity index (χ0n) is 21.3. The van der Waals surface area contributed by atoms with Gasteiger partial charge in [0.2, 0.25) is 0 Å². The Kier molecular flexibility index (Phi) is 29.3. The van der Waals surface area contributed by atoms with E-state index in [-0.39, 0.29) is 0 Å². The minimum atomic E-state index is -1.50. The van der Waals surface area contributed by atoms with E-state index < -0.39 is 5.09 Å². The third-order valence-electron chi connectivity index (χ3n) is 6.58. The zero-order valence-corrected chi connectivity index (χ0v) is 22.4. The van der Waals surface area contributed by atoms with E-state index in [4.69, 9.17) is 15.3 Å². The van der Waals surface area contributed by atoms with Crippen molar-refractivity contribution in [1.29, 1.82) is 0 Å². The van der Waals surface area contributed by atoms with Crippen LogP contribution in [-0.4, -0.2) is 16.5 Å². The molecule has 0 aliphatic rings. The molecule has 3 atom stereocenters. The van der Waals surface area contributed by atoms with Crippen LogP contribution in [-0.2, 0) is 0 Å². The molecule has 31 heavy (non-hydrogen) atoms. The molecule has 0 radical (unpaired) electrons. The summed E-state index contributed by atoms with van der Waals surface area (Å²) in [7, 11) is 2.99. The van der Waals surface area contributed by atoms with Gasteiger partial charge in [-0.25, -0.2) is 0 Å². The molecule has 0 saturated heterocycles. The summed E-state index contributed by atoms with van der Waals surface area (Å²) in [6.45, 7) is 7.04. The average molecular weight is 462 g/mol. The number of rotatable bonds is 22. The molecule has 3 unspecified atom stereocenters. The summed E-state index contributed by atoms with van der Waals surface area (Å²) >= 11 is 0. The minimum absolute atomic E-state index is 0.950. The molecule has 0 heterocycles. The fourth-order valence-electron chi connectivity index (χ4n) is 4.63. The number of hydrogen-bond acceptors (Lipinski definition) is 2. The van der Waals surface area contributed by atoms with Crippen LogP contribution < -0.4 is 0 Å². The van der Waals surface area contributed by atoms with Crippen molar-refractivity contribution in [1.82, 2.24) is 0 Å². The quantitative estimate of drug-likeness (QED) is 0.0755. The molecule has 0 aromatic heterocycles. The van der Waals surface area contributed by atoms with Crippen molar-refractivity contribution >= 4 is 9.24 Å². The Bertz CT molecular complexity index is 348. The highest BCUT2D eigenvalue weighted by Gasteiger charge is 2.16. The lowest BCUT2D eigenvalue weighted by Crippen LogP contribution is -2.15. The Hall–Kier alpha value is -0.370. The van der Waals surface area contributed by atoms with Gasteiger partial charge in [-0.05, 0) is 18.0 Å². The van der Waals surface area contributed by atoms with E-state index in [2.05, 4.69) is 30.0 Å². The van der Waals surface area contributed by atoms with E-state index in [0.29, 0.717) is 0 Å².